The molecule has 2 aromatic heterocycles. The number of rotatable bonds is 2. The van der Waals surface area contributed by atoms with E-state index in [1.807, 2.05) is 42.8 Å². The number of nitrogens with zero attached hydrogens (tertiary/aromatic N) is 2. The van der Waals surface area contributed by atoms with Crippen molar-refractivity contribution in [2.45, 2.75) is 0 Å². The lowest BCUT2D eigenvalue weighted by molar-refractivity contribution is 1.15. The Morgan fingerprint density at radius 3 is 1.69 bits per heavy atom. The van der Waals surface area contributed by atoms with Crippen molar-refractivity contribution in [3.63, 3.8) is 0 Å². The molecule has 0 aliphatic rings. The fourth-order valence-corrected chi connectivity index (χ4v) is 1.07. The van der Waals surface area contributed by atoms with Gasteiger partial charge in [-0.15, -0.1) is 0 Å². The van der Waals surface area contributed by atoms with E-state index in [4.69, 9.17) is 0 Å². The maximum Gasteiger partial charge on any atom is 0.0575 e. The van der Waals surface area contributed by atoms with Crippen LogP contribution in [0.1, 0.15) is 11.4 Å². The molecule has 2 nitrogen and oxygen atoms in total. The molecule has 0 amide bonds. The number of pyridine rings is 2. The zero-order valence-electron chi connectivity index (χ0n) is 7.09. The summed E-state index contributed by atoms with van der Waals surface area (Å²) in [5.74, 6) is 0. The van der Waals surface area contributed by atoms with E-state index in [1.54, 1.807) is 12.4 Å². The molecule has 0 saturated carbocycles. The fourth-order valence-electron chi connectivity index (χ4n) is 1.07. The normalized spacial score (nSPS) is 9.85. The summed E-state index contributed by atoms with van der Waals surface area (Å²) < 4.78 is 0. The van der Waals surface area contributed by atoms with Gasteiger partial charge in [-0.05, 0) is 24.3 Å². The lowest BCUT2D eigenvalue weighted by Crippen LogP contribution is -1.90. The Morgan fingerprint density at radius 2 is 1.31 bits per heavy atom. The van der Waals surface area contributed by atoms with Gasteiger partial charge in [0.2, 0.25) is 0 Å². The molecule has 0 aliphatic heterocycles. The lowest BCUT2D eigenvalue weighted by atomic mass is 10.2. The first kappa shape index (κ1) is 7.92. The van der Waals surface area contributed by atoms with Crippen LogP contribution in [0.5, 0.6) is 0 Å². The van der Waals surface area contributed by atoms with Crippen LogP contribution >= 0.6 is 0 Å². The van der Waals surface area contributed by atoms with Crippen LogP contribution in [0, 0.1) is 6.42 Å². The zero-order valence-corrected chi connectivity index (χ0v) is 7.09. The van der Waals surface area contributed by atoms with Gasteiger partial charge in [0.05, 0.1) is 17.8 Å². The summed E-state index contributed by atoms with van der Waals surface area (Å²) >= 11 is 0. The van der Waals surface area contributed by atoms with Gasteiger partial charge in [0, 0.05) is 12.4 Å². The van der Waals surface area contributed by atoms with E-state index in [-0.39, 0.29) is 0 Å². The molecule has 0 N–H and O–H groups in total. The maximum atomic E-state index is 4.18. The highest BCUT2D eigenvalue weighted by Crippen LogP contribution is 2.04. The van der Waals surface area contributed by atoms with Crippen LogP contribution < -0.4 is 0 Å². The summed E-state index contributed by atoms with van der Waals surface area (Å²) in [4.78, 5) is 8.36. The van der Waals surface area contributed by atoms with Gasteiger partial charge >= 0.3 is 0 Å². The molecule has 0 unspecified atom stereocenters. The van der Waals surface area contributed by atoms with Gasteiger partial charge in [-0.2, -0.15) is 0 Å². The minimum absolute atomic E-state index is 0.932. The Labute approximate surface area is 77.3 Å². The number of hydrogen-bond acceptors (Lipinski definition) is 2. The van der Waals surface area contributed by atoms with Crippen molar-refractivity contribution in [1.29, 1.82) is 0 Å². The van der Waals surface area contributed by atoms with E-state index in [1.165, 1.54) is 0 Å². The quantitative estimate of drug-likeness (QED) is 0.687. The molecule has 2 heterocycles. The van der Waals surface area contributed by atoms with Crippen LogP contribution in [-0.2, 0) is 0 Å². The molecule has 0 aliphatic carbocycles. The van der Waals surface area contributed by atoms with Gasteiger partial charge in [0.25, 0.3) is 0 Å². The summed E-state index contributed by atoms with van der Waals surface area (Å²) in [5, 5.41) is 0. The summed E-state index contributed by atoms with van der Waals surface area (Å²) in [5.41, 5.74) is 1.86. The summed E-state index contributed by atoms with van der Waals surface area (Å²) in [7, 11) is 0. The maximum absolute atomic E-state index is 4.18. The van der Waals surface area contributed by atoms with Crippen LogP contribution in [0.3, 0.4) is 0 Å². The molecule has 0 bridgehead atoms. The van der Waals surface area contributed by atoms with E-state index in [0.717, 1.165) is 11.4 Å². The minimum Gasteiger partial charge on any atom is -0.261 e. The Balaban J connectivity index is 2.16. The first-order valence-electron chi connectivity index (χ1n) is 4.12. The molecular formula is C11H9N2. The van der Waals surface area contributed by atoms with Crippen molar-refractivity contribution >= 4 is 0 Å². The largest absolute Gasteiger partial charge is 0.261 e. The second kappa shape index (κ2) is 3.81. The average molecular weight is 169 g/mol. The van der Waals surface area contributed by atoms with Gasteiger partial charge in [-0.25, -0.2) is 0 Å². The molecule has 1 radical (unpaired) electrons. The molecule has 2 rings (SSSR count). The summed E-state index contributed by atoms with van der Waals surface area (Å²) in [6.45, 7) is 0. The zero-order chi connectivity index (χ0) is 8.93. The minimum atomic E-state index is 0.932. The summed E-state index contributed by atoms with van der Waals surface area (Å²) in [6.07, 6.45) is 5.49. The van der Waals surface area contributed by atoms with Gasteiger partial charge in [-0.3, -0.25) is 9.97 Å². The predicted octanol–water partition coefficient (Wildman–Crippen LogP) is 2.08. The summed E-state index contributed by atoms with van der Waals surface area (Å²) in [6, 6.07) is 11.6. The highest BCUT2D eigenvalue weighted by molar-refractivity contribution is 5.26. The Hall–Kier alpha value is -1.70. The first-order chi connectivity index (χ1) is 6.45. The fraction of sp³-hybridized carbons (Fsp3) is 0. The molecule has 0 atom stereocenters. The van der Waals surface area contributed by atoms with Crippen molar-refractivity contribution in [2.24, 2.45) is 0 Å². The molecule has 0 aromatic carbocycles. The second-order valence-electron chi connectivity index (χ2n) is 2.65. The van der Waals surface area contributed by atoms with Crippen molar-refractivity contribution in [2.75, 3.05) is 0 Å². The Bertz CT molecular complexity index is 319. The SMILES string of the molecule is [CH](c1ccccn1)c1ccccn1. The smallest absolute Gasteiger partial charge is 0.0575 e. The van der Waals surface area contributed by atoms with Gasteiger partial charge in [0.15, 0.2) is 0 Å². The first-order valence-corrected chi connectivity index (χ1v) is 4.12. The molecule has 0 spiro atoms. The van der Waals surface area contributed by atoms with Gasteiger partial charge < -0.3 is 0 Å². The Kier molecular flexibility index (Phi) is 2.32. The van der Waals surface area contributed by atoms with E-state index in [2.05, 4.69) is 9.97 Å². The third-order valence-corrected chi connectivity index (χ3v) is 1.67. The van der Waals surface area contributed by atoms with Crippen molar-refractivity contribution in [3.05, 3.63) is 66.6 Å². The number of aromatic nitrogens is 2. The van der Waals surface area contributed by atoms with Crippen LogP contribution in [0.2, 0.25) is 0 Å². The van der Waals surface area contributed by atoms with Crippen molar-refractivity contribution < 1.29 is 0 Å². The molecule has 13 heavy (non-hydrogen) atoms. The van der Waals surface area contributed by atoms with Gasteiger partial charge in [0.1, 0.15) is 0 Å². The van der Waals surface area contributed by atoms with Crippen molar-refractivity contribution in [1.82, 2.24) is 9.97 Å². The molecule has 63 valence electrons. The van der Waals surface area contributed by atoms with Crippen LogP contribution in [-0.4, -0.2) is 9.97 Å². The number of hydrogen-bond donors (Lipinski definition) is 0. The highest BCUT2D eigenvalue weighted by atomic mass is 14.7. The average Bonchev–Trinajstić information content (AvgIpc) is 2.21. The molecule has 0 fully saturated rings. The predicted molar refractivity (Wildman–Crippen MR) is 51.0 cm³/mol. The van der Waals surface area contributed by atoms with Crippen LogP contribution in [0.4, 0.5) is 0 Å². The van der Waals surface area contributed by atoms with E-state index in [0.29, 0.717) is 0 Å². The molecule has 2 heteroatoms. The third-order valence-electron chi connectivity index (χ3n) is 1.67. The van der Waals surface area contributed by atoms with E-state index >= 15 is 0 Å². The monoisotopic (exact) mass is 169 g/mol. The third kappa shape index (κ3) is 2.12. The van der Waals surface area contributed by atoms with E-state index < -0.39 is 0 Å². The second-order valence-corrected chi connectivity index (χ2v) is 2.65. The molecule has 2 aromatic rings. The highest BCUT2D eigenvalue weighted by Gasteiger charge is 1.96. The topological polar surface area (TPSA) is 25.8 Å². The van der Waals surface area contributed by atoms with Gasteiger partial charge in [-0.1, -0.05) is 12.1 Å². The van der Waals surface area contributed by atoms with Crippen LogP contribution in [0.25, 0.3) is 0 Å². The van der Waals surface area contributed by atoms with Crippen LogP contribution in [0.15, 0.2) is 48.8 Å². The lowest BCUT2D eigenvalue weighted by Gasteiger charge is -1.97. The van der Waals surface area contributed by atoms with E-state index in [9.17, 15) is 0 Å². The molecular weight excluding hydrogens is 160 g/mol. The standard InChI is InChI=1S/C11H9N2/c1-3-7-12-10(5-1)9-11-6-2-4-8-13-11/h1-9H. The van der Waals surface area contributed by atoms with Crippen molar-refractivity contribution in [3.8, 4) is 0 Å². The molecule has 0 saturated heterocycles. The Morgan fingerprint density at radius 1 is 0.769 bits per heavy atom.